The molecular weight excluding hydrogens is 468 g/mol. The van der Waals surface area contributed by atoms with Crippen LogP contribution in [0.4, 0.5) is 11.4 Å². The Hall–Kier alpha value is -3.84. The van der Waals surface area contributed by atoms with E-state index in [0.29, 0.717) is 18.1 Å². The van der Waals surface area contributed by atoms with E-state index in [1.807, 2.05) is 38.4 Å². The Morgan fingerprint density at radius 3 is 1.97 bits per heavy atom. The summed E-state index contributed by atoms with van der Waals surface area (Å²) in [6.45, 7) is 4.71. The summed E-state index contributed by atoms with van der Waals surface area (Å²) in [4.78, 5) is 25.1. The minimum absolute atomic E-state index is 0.0249. The third-order valence-electron chi connectivity index (χ3n) is 6.29. The van der Waals surface area contributed by atoms with E-state index in [1.165, 1.54) is 0 Å². The van der Waals surface area contributed by atoms with Gasteiger partial charge in [-0.05, 0) is 72.0 Å². The van der Waals surface area contributed by atoms with E-state index < -0.39 is 12.1 Å². The molecule has 0 aromatic heterocycles. The molecule has 0 heterocycles. The summed E-state index contributed by atoms with van der Waals surface area (Å²) in [7, 11) is 4.05. The monoisotopic (exact) mass is 504 g/mol. The second-order valence-electron chi connectivity index (χ2n) is 9.66. The van der Waals surface area contributed by atoms with Crippen LogP contribution in [0.15, 0.2) is 72.8 Å². The van der Waals surface area contributed by atoms with Gasteiger partial charge in [-0.3, -0.25) is 4.79 Å². The van der Waals surface area contributed by atoms with Gasteiger partial charge in [0, 0.05) is 37.5 Å². The molecule has 3 N–H and O–H groups in total. The van der Waals surface area contributed by atoms with Crippen molar-refractivity contribution in [2.24, 2.45) is 5.92 Å². The molecule has 7 heteroatoms. The van der Waals surface area contributed by atoms with Crippen molar-refractivity contribution in [2.45, 2.75) is 38.8 Å². The van der Waals surface area contributed by atoms with Gasteiger partial charge in [0.25, 0.3) is 0 Å². The van der Waals surface area contributed by atoms with Gasteiger partial charge in [-0.1, -0.05) is 38.1 Å². The molecule has 0 bridgehead atoms. The quantitative estimate of drug-likeness (QED) is 0.270. The first-order chi connectivity index (χ1) is 17.6. The Balaban J connectivity index is 1.55. The number of Topliss-reactive ketones (excluding diaryl/α,β-unsaturated/α-hetero) is 1. The summed E-state index contributed by atoms with van der Waals surface area (Å²) < 4.78 is 6.08. The maximum absolute atomic E-state index is 12.3. The van der Waals surface area contributed by atoms with E-state index in [9.17, 15) is 14.7 Å². The number of aliphatic hydroxyl groups is 1. The number of rotatable bonds is 13. The van der Waals surface area contributed by atoms with Crippen LogP contribution >= 0.6 is 0 Å². The number of hydrogen-bond acceptors (Lipinski definition) is 6. The molecule has 0 amide bonds. The molecule has 0 aliphatic carbocycles. The number of ketones is 1. The lowest BCUT2D eigenvalue weighted by Crippen LogP contribution is -2.32. The third-order valence-corrected chi connectivity index (χ3v) is 6.29. The van der Waals surface area contributed by atoms with Crippen molar-refractivity contribution in [1.82, 2.24) is 0 Å². The highest BCUT2D eigenvalue weighted by atomic mass is 16.5. The second kappa shape index (κ2) is 12.9. The van der Waals surface area contributed by atoms with Gasteiger partial charge in [0.05, 0.1) is 6.04 Å². The number of nitrogens with one attached hydrogen (secondary N) is 1. The number of aliphatic hydroxyl groups excluding tert-OH is 1. The Bertz CT molecular complexity index is 1160. The van der Waals surface area contributed by atoms with Crippen molar-refractivity contribution in [2.75, 3.05) is 30.9 Å². The number of carboxylic acids is 1. The van der Waals surface area contributed by atoms with E-state index in [4.69, 9.17) is 9.84 Å². The summed E-state index contributed by atoms with van der Waals surface area (Å²) in [5.74, 6) is -0.424. The first kappa shape index (κ1) is 27.7. The van der Waals surface area contributed by atoms with E-state index in [2.05, 4.69) is 60.5 Å². The first-order valence-corrected chi connectivity index (χ1v) is 12.5. The largest absolute Gasteiger partial charge is 0.491 e. The molecule has 0 saturated carbocycles. The molecule has 196 valence electrons. The number of carbonyl (C=O) groups excluding carboxylic acids is 1. The SMILES string of the molecule is CC(C)[C@@H](COc1ccc(-c2ccc(N(C)C)cc2)cc1)Nc1ccc(C(=O)CC[C@@H](O)C(=O)O)cc1. The van der Waals surface area contributed by atoms with E-state index in [0.717, 1.165) is 28.3 Å². The number of carbonyl (C=O) groups is 2. The fourth-order valence-corrected chi connectivity index (χ4v) is 3.78. The van der Waals surface area contributed by atoms with Gasteiger partial charge >= 0.3 is 5.97 Å². The molecule has 0 aliphatic heterocycles. The molecule has 0 unspecified atom stereocenters. The molecule has 0 saturated heterocycles. The number of benzene rings is 3. The highest BCUT2D eigenvalue weighted by Gasteiger charge is 2.17. The Morgan fingerprint density at radius 1 is 0.892 bits per heavy atom. The molecule has 0 radical (unpaired) electrons. The molecule has 0 spiro atoms. The van der Waals surface area contributed by atoms with Crippen LogP contribution in [-0.2, 0) is 4.79 Å². The molecular formula is C30H36N2O5. The van der Waals surface area contributed by atoms with Crippen LogP contribution < -0.4 is 15.0 Å². The lowest BCUT2D eigenvalue weighted by molar-refractivity contribution is -0.146. The highest BCUT2D eigenvalue weighted by molar-refractivity contribution is 5.96. The summed E-state index contributed by atoms with van der Waals surface area (Å²) in [5, 5.41) is 21.6. The standard InChI is InChI=1S/C30H36N2O5/c1-20(2)27(31-24-11-5-23(6-12-24)28(33)17-18-29(34)30(35)36)19-37-26-15-9-22(10-16-26)21-7-13-25(14-8-21)32(3)4/h5-16,20,27,29,31,34H,17-19H2,1-4H3,(H,35,36)/t27-,29-/m1/s1. The number of aliphatic carboxylic acids is 1. The van der Waals surface area contributed by atoms with Crippen LogP contribution in [-0.4, -0.2) is 54.8 Å². The van der Waals surface area contributed by atoms with Gasteiger partial charge < -0.3 is 25.2 Å². The topological polar surface area (TPSA) is 99.1 Å². The first-order valence-electron chi connectivity index (χ1n) is 12.5. The number of carboxylic acid groups (broad SMARTS) is 1. The second-order valence-corrected chi connectivity index (χ2v) is 9.66. The van der Waals surface area contributed by atoms with Gasteiger partial charge in [0.1, 0.15) is 12.4 Å². The van der Waals surface area contributed by atoms with Gasteiger partial charge in [0.15, 0.2) is 11.9 Å². The molecule has 3 aromatic carbocycles. The minimum Gasteiger partial charge on any atom is -0.491 e. The van der Waals surface area contributed by atoms with Crippen molar-refractivity contribution in [3.05, 3.63) is 78.4 Å². The Labute approximate surface area is 218 Å². The normalized spacial score (nSPS) is 12.6. The number of hydrogen-bond donors (Lipinski definition) is 3. The van der Waals surface area contributed by atoms with Crippen molar-refractivity contribution >= 4 is 23.1 Å². The van der Waals surface area contributed by atoms with E-state index >= 15 is 0 Å². The van der Waals surface area contributed by atoms with Gasteiger partial charge in [0.2, 0.25) is 0 Å². The average Bonchev–Trinajstić information content (AvgIpc) is 2.90. The molecule has 3 rings (SSSR count). The van der Waals surface area contributed by atoms with Gasteiger partial charge in [-0.2, -0.15) is 0 Å². The van der Waals surface area contributed by atoms with Crippen LogP contribution in [0.1, 0.15) is 37.0 Å². The van der Waals surface area contributed by atoms with Crippen LogP contribution in [0.25, 0.3) is 11.1 Å². The van der Waals surface area contributed by atoms with E-state index in [-0.39, 0.29) is 24.7 Å². The zero-order valence-corrected chi connectivity index (χ0v) is 21.8. The number of ether oxygens (including phenoxy) is 1. The van der Waals surface area contributed by atoms with Crippen LogP contribution in [0.5, 0.6) is 5.75 Å². The lowest BCUT2D eigenvalue weighted by atomic mass is 10.0. The van der Waals surface area contributed by atoms with Crippen molar-refractivity contribution in [3.8, 4) is 16.9 Å². The van der Waals surface area contributed by atoms with Gasteiger partial charge in [-0.25, -0.2) is 4.79 Å². The Morgan fingerprint density at radius 2 is 1.46 bits per heavy atom. The third kappa shape index (κ3) is 8.08. The molecule has 2 atom stereocenters. The van der Waals surface area contributed by atoms with Crippen molar-refractivity contribution in [1.29, 1.82) is 0 Å². The maximum atomic E-state index is 12.3. The Kier molecular flexibility index (Phi) is 9.69. The van der Waals surface area contributed by atoms with Crippen LogP contribution in [0, 0.1) is 5.92 Å². The zero-order chi connectivity index (χ0) is 26.9. The maximum Gasteiger partial charge on any atom is 0.332 e. The zero-order valence-electron chi connectivity index (χ0n) is 21.8. The average molecular weight is 505 g/mol. The molecule has 7 nitrogen and oxygen atoms in total. The molecule has 0 aliphatic rings. The van der Waals surface area contributed by atoms with Crippen LogP contribution in [0.3, 0.4) is 0 Å². The summed E-state index contributed by atoms with van der Waals surface area (Å²) in [5.41, 5.74) is 4.78. The fourth-order valence-electron chi connectivity index (χ4n) is 3.78. The molecule has 3 aromatic rings. The summed E-state index contributed by atoms with van der Waals surface area (Å²) >= 11 is 0. The fraction of sp³-hybridized carbons (Fsp3) is 0.333. The number of anilines is 2. The van der Waals surface area contributed by atoms with Crippen molar-refractivity contribution < 1.29 is 24.5 Å². The number of nitrogens with zero attached hydrogens (tertiary/aromatic N) is 1. The minimum atomic E-state index is -1.53. The highest BCUT2D eigenvalue weighted by Crippen LogP contribution is 2.25. The predicted molar refractivity (Wildman–Crippen MR) is 148 cm³/mol. The summed E-state index contributed by atoms with van der Waals surface area (Å²) in [6.07, 6.45) is -1.66. The van der Waals surface area contributed by atoms with Crippen molar-refractivity contribution in [3.63, 3.8) is 0 Å². The van der Waals surface area contributed by atoms with Gasteiger partial charge in [-0.15, -0.1) is 0 Å². The predicted octanol–water partition coefficient (Wildman–Crippen LogP) is 5.34. The van der Waals surface area contributed by atoms with E-state index in [1.54, 1.807) is 12.1 Å². The van der Waals surface area contributed by atoms with Crippen LogP contribution in [0.2, 0.25) is 0 Å². The lowest BCUT2D eigenvalue weighted by Gasteiger charge is -2.24. The molecule has 37 heavy (non-hydrogen) atoms. The smallest absolute Gasteiger partial charge is 0.332 e. The molecule has 0 fully saturated rings. The summed E-state index contributed by atoms with van der Waals surface area (Å²) in [6, 6.07) is 23.6.